The third-order valence-electron chi connectivity index (χ3n) is 2.73. The summed E-state index contributed by atoms with van der Waals surface area (Å²) in [6.45, 7) is 6.37. The van der Waals surface area contributed by atoms with Crippen molar-refractivity contribution in [3.8, 4) is 0 Å². The highest BCUT2D eigenvalue weighted by Gasteiger charge is 2.14. The lowest BCUT2D eigenvalue weighted by molar-refractivity contribution is -0.144. The van der Waals surface area contributed by atoms with E-state index in [4.69, 9.17) is 10.5 Å². The van der Waals surface area contributed by atoms with Crippen LogP contribution < -0.4 is 5.73 Å². The first-order chi connectivity index (χ1) is 8.54. The molecule has 1 aromatic carbocycles. The molecule has 2 N–H and O–H groups in total. The van der Waals surface area contributed by atoms with E-state index in [1.807, 2.05) is 0 Å². The molecule has 0 aliphatic heterocycles. The fourth-order valence-corrected chi connectivity index (χ4v) is 2.44. The van der Waals surface area contributed by atoms with Crippen molar-refractivity contribution in [2.75, 3.05) is 12.4 Å². The second-order valence-electron chi connectivity index (χ2n) is 4.29. The van der Waals surface area contributed by atoms with Crippen molar-refractivity contribution >= 4 is 17.7 Å². The lowest BCUT2D eigenvalue weighted by Gasteiger charge is -2.10. The summed E-state index contributed by atoms with van der Waals surface area (Å²) >= 11 is 1.66. The van der Waals surface area contributed by atoms with Crippen LogP contribution in [0.3, 0.4) is 0 Å². The molecule has 0 spiro atoms. The summed E-state index contributed by atoms with van der Waals surface area (Å²) in [5, 5.41) is 0. The molecule has 0 radical (unpaired) electrons. The summed E-state index contributed by atoms with van der Waals surface area (Å²) < 4.78 is 4.86. The minimum atomic E-state index is -0.526. The molecule has 0 aliphatic rings. The standard InChI is InChI=1S/C14H21NO2S/c1-4-17-14(16)13(15)9-18-8-12-6-5-10(2)11(3)7-12/h5-7,13H,4,8-9,15H2,1-3H3. The van der Waals surface area contributed by atoms with Crippen molar-refractivity contribution in [3.63, 3.8) is 0 Å². The molecule has 0 aliphatic carbocycles. The average molecular weight is 267 g/mol. The van der Waals surface area contributed by atoms with Crippen LogP contribution in [0.25, 0.3) is 0 Å². The van der Waals surface area contributed by atoms with Gasteiger partial charge in [0.1, 0.15) is 6.04 Å². The van der Waals surface area contributed by atoms with Crippen molar-refractivity contribution in [2.24, 2.45) is 5.73 Å². The minimum Gasteiger partial charge on any atom is -0.465 e. The van der Waals surface area contributed by atoms with Gasteiger partial charge in [0.2, 0.25) is 0 Å². The van der Waals surface area contributed by atoms with Gasteiger partial charge >= 0.3 is 5.97 Å². The van der Waals surface area contributed by atoms with Crippen LogP contribution in [0.4, 0.5) is 0 Å². The molecule has 100 valence electrons. The summed E-state index contributed by atoms with van der Waals surface area (Å²) in [6.07, 6.45) is 0. The summed E-state index contributed by atoms with van der Waals surface area (Å²) in [5.41, 5.74) is 9.58. The lowest BCUT2D eigenvalue weighted by atomic mass is 10.1. The molecule has 3 nitrogen and oxygen atoms in total. The van der Waals surface area contributed by atoms with E-state index in [9.17, 15) is 4.79 Å². The van der Waals surface area contributed by atoms with Gasteiger partial charge in [-0.05, 0) is 37.5 Å². The second kappa shape index (κ2) is 7.44. The van der Waals surface area contributed by atoms with E-state index in [1.54, 1.807) is 18.7 Å². The van der Waals surface area contributed by atoms with Crippen LogP contribution in [0.2, 0.25) is 0 Å². The molecule has 0 heterocycles. The zero-order valence-corrected chi connectivity index (χ0v) is 12.0. The molecule has 1 rings (SSSR count). The Morgan fingerprint density at radius 1 is 1.39 bits per heavy atom. The van der Waals surface area contributed by atoms with Gasteiger partial charge in [-0.15, -0.1) is 0 Å². The fraction of sp³-hybridized carbons (Fsp3) is 0.500. The van der Waals surface area contributed by atoms with Crippen LogP contribution in [0, 0.1) is 13.8 Å². The van der Waals surface area contributed by atoms with Crippen LogP contribution in [-0.4, -0.2) is 24.4 Å². The Morgan fingerprint density at radius 2 is 2.11 bits per heavy atom. The Balaban J connectivity index is 2.37. The van der Waals surface area contributed by atoms with E-state index < -0.39 is 6.04 Å². The van der Waals surface area contributed by atoms with Gasteiger partial charge in [0, 0.05) is 11.5 Å². The molecular weight excluding hydrogens is 246 g/mol. The third-order valence-corrected chi connectivity index (χ3v) is 3.86. The smallest absolute Gasteiger partial charge is 0.323 e. The van der Waals surface area contributed by atoms with Gasteiger partial charge < -0.3 is 10.5 Å². The van der Waals surface area contributed by atoms with Crippen LogP contribution in [0.1, 0.15) is 23.6 Å². The lowest BCUT2D eigenvalue weighted by Crippen LogP contribution is -2.34. The number of nitrogens with two attached hydrogens (primary N) is 1. The Morgan fingerprint density at radius 3 is 2.72 bits per heavy atom. The monoisotopic (exact) mass is 267 g/mol. The molecular formula is C14H21NO2S. The number of carbonyl (C=O) groups excluding carboxylic acids is 1. The van der Waals surface area contributed by atoms with Crippen LogP contribution in [0.15, 0.2) is 18.2 Å². The van der Waals surface area contributed by atoms with Gasteiger partial charge in [0.05, 0.1) is 6.61 Å². The van der Waals surface area contributed by atoms with E-state index >= 15 is 0 Å². The Hall–Kier alpha value is -1.00. The van der Waals surface area contributed by atoms with Gasteiger partial charge in [-0.2, -0.15) is 11.8 Å². The van der Waals surface area contributed by atoms with Crippen molar-refractivity contribution in [2.45, 2.75) is 32.6 Å². The van der Waals surface area contributed by atoms with Gasteiger partial charge in [0.25, 0.3) is 0 Å². The maximum atomic E-state index is 11.3. The summed E-state index contributed by atoms with van der Waals surface area (Å²) in [7, 11) is 0. The van der Waals surface area contributed by atoms with Crippen molar-refractivity contribution in [3.05, 3.63) is 34.9 Å². The molecule has 0 saturated carbocycles. The first-order valence-corrected chi connectivity index (χ1v) is 7.26. The van der Waals surface area contributed by atoms with E-state index in [-0.39, 0.29) is 5.97 Å². The third kappa shape index (κ3) is 4.70. The van der Waals surface area contributed by atoms with E-state index in [0.717, 1.165) is 5.75 Å². The number of rotatable bonds is 6. The molecule has 4 heteroatoms. The van der Waals surface area contributed by atoms with Crippen LogP contribution in [0.5, 0.6) is 0 Å². The van der Waals surface area contributed by atoms with Gasteiger partial charge in [-0.3, -0.25) is 4.79 Å². The summed E-state index contributed by atoms with van der Waals surface area (Å²) in [6, 6.07) is 5.89. The minimum absolute atomic E-state index is 0.315. The van der Waals surface area contributed by atoms with Gasteiger partial charge in [-0.25, -0.2) is 0 Å². The van der Waals surface area contributed by atoms with E-state index in [2.05, 4.69) is 32.0 Å². The number of ether oxygens (including phenoxy) is 1. The number of hydrogen-bond acceptors (Lipinski definition) is 4. The predicted octanol–water partition coefficient (Wildman–Crippen LogP) is 2.43. The Labute approximate surface area is 113 Å². The van der Waals surface area contributed by atoms with E-state index in [1.165, 1.54) is 16.7 Å². The zero-order chi connectivity index (χ0) is 13.5. The Bertz CT molecular complexity index is 407. The molecule has 0 fully saturated rings. The second-order valence-corrected chi connectivity index (χ2v) is 5.32. The number of carbonyl (C=O) groups is 1. The molecule has 1 unspecified atom stereocenters. The number of aryl methyl sites for hydroxylation is 2. The number of benzene rings is 1. The van der Waals surface area contributed by atoms with Gasteiger partial charge in [0.15, 0.2) is 0 Å². The highest BCUT2D eigenvalue weighted by molar-refractivity contribution is 7.98. The van der Waals surface area contributed by atoms with Gasteiger partial charge in [-0.1, -0.05) is 18.2 Å². The topological polar surface area (TPSA) is 52.3 Å². The maximum Gasteiger partial charge on any atom is 0.323 e. The molecule has 0 aromatic heterocycles. The average Bonchev–Trinajstić information content (AvgIpc) is 2.34. The fourth-order valence-electron chi connectivity index (χ4n) is 1.51. The zero-order valence-electron chi connectivity index (χ0n) is 11.2. The number of hydrogen-bond donors (Lipinski definition) is 1. The SMILES string of the molecule is CCOC(=O)C(N)CSCc1ccc(C)c(C)c1. The highest BCUT2D eigenvalue weighted by Crippen LogP contribution is 2.16. The molecule has 0 amide bonds. The number of esters is 1. The first-order valence-electron chi connectivity index (χ1n) is 6.10. The van der Waals surface area contributed by atoms with Crippen molar-refractivity contribution in [1.29, 1.82) is 0 Å². The first kappa shape index (κ1) is 15.1. The van der Waals surface area contributed by atoms with Crippen LogP contribution in [-0.2, 0) is 15.3 Å². The molecule has 0 saturated heterocycles. The quantitative estimate of drug-likeness (QED) is 0.804. The molecule has 18 heavy (non-hydrogen) atoms. The van der Waals surface area contributed by atoms with Crippen molar-refractivity contribution in [1.82, 2.24) is 0 Å². The highest BCUT2D eigenvalue weighted by atomic mass is 32.2. The molecule has 0 bridgehead atoms. The van der Waals surface area contributed by atoms with Crippen molar-refractivity contribution < 1.29 is 9.53 Å². The molecule has 1 aromatic rings. The van der Waals surface area contributed by atoms with E-state index in [0.29, 0.717) is 12.4 Å². The normalized spacial score (nSPS) is 12.2. The Kier molecular flexibility index (Phi) is 6.22. The summed E-state index contributed by atoms with van der Waals surface area (Å²) in [4.78, 5) is 11.3. The predicted molar refractivity (Wildman–Crippen MR) is 76.7 cm³/mol. The molecule has 1 atom stereocenters. The number of thioether (sulfide) groups is 1. The maximum absolute atomic E-state index is 11.3. The summed E-state index contributed by atoms with van der Waals surface area (Å²) in [5.74, 6) is 1.14. The largest absolute Gasteiger partial charge is 0.465 e. The van der Waals surface area contributed by atoms with Crippen LogP contribution >= 0.6 is 11.8 Å².